The summed E-state index contributed by atoms with van der Waals surface area (Å²) in [7, 11) is 0. The van der Waals surface area contributed by atoms with Gasteiger partial charge in [0.25, 0.3) is 0 Å². The second-order valence-corrected chi connectivity index (χ2v) is 4.53. The Morgan fingerprint density at radius 3 is 2.30 bits per heavy atom. The van der Waals surface area contributed by atoms with Gasteiger partial charge < -0.3 is 14.3 Å². The summed E-state index contributed by atoms with van der Waals surface area (Å²) in [6.45, 7) is 9.12. The maximum atomic E-state index is 5.72. The quantitative estimate of drug-likeness (QED) is 0.506. The van der Waals surface area contributed by atoms with Crippen LogP contribution in [0, 0.1) is 0 Å². The Hall–Kier alpha value is -1.71. The molecule has 0 aliphatic rings. The van der Waals surface area contributed by atoms with Crippen LogP contribution >= 0.6 is 0 Å². The van der Waals surface area contributed by atoms with Gasteiger partial charge >= 0.3 is 0 Å². The molecule has 0 aromatic heterocycles. The van der Waals surface area contributed by atoms with Crippen LogP contribution in [0.15, 0.2) is 29.4 Å². The van der Waals surface area contributed by atoms with Crippen LogP contribution in [0.25, 0.3) is 0 Å². The Morgan fingerprint density at radius 1 is 1.10 bits per heavy atom. The van der Waals surface area contributed by atoms with Crippen molar-refractivity contribution < 1.29 is 14.3 Å². The van der Waals surface area contributed by atoms with Crippen molar-refractivity contribution in [3.63, 3.8) is 0 Å². The molecule has 0 fully saturated rings. The highest BCUT2D eigenvalue weighted by Crippen LogP contribution is 2.19. The number of hydrogen-bond donors (Lipinski definition) is 0. The summed E-state index contributed by atoms with van der Waals surface area (Å²) in [6, 6.07) is 7.66. The first-order valence-corrected chi connectivity index (χ1v) is 7.26. The maximum absolute atomic E-state index is 5.72. The number of benzene rings is 1. The SMILES string of the molecule is CCON=C(CC)COc1ccc(OC(C)CC)cc1. The third-order valence-corrected chi connectivity index (χ3v) is 2.87. The smallest absolute Gasteiger partial charge is 0.130 e. The van der Waals surface area contributed by atoms with Crippen LogP contribution in [0.3, 0.4) is 0 Å². The van der Waals surface area contributed by atoms with Crippen molar-refractivity contribution >= 4 is 5.71 Å². The molecule has 0 amide bonds. The van der Waals surface area contributed by atoms with Crippen molar-refractivity contribution in [2.24, 2.45) is 5.16 Å². The second kappa shape index (κ2) is 9.23. The summed E-state index contributed by atoms with van der Waals surface area (Å²) in [6.07, 6.45) is 2.04. The maximum Gasteiger partial charge on any atom is 0.130 e. The summed E-state index contributed by atoms with van der Waals surface area (Å²) in [4.78, 5) is 5.04. The minimum absolute atomic E-state index is 0.229. The van der Waals surface area contributed by atoms with Crippen molar-refractivity contribution in [3.8, 4) is 11.5 Å². The van der Waals surface area contributed by atoms with Crippen LogP contribution in [-0.2, 0) is 4.84 Å². The van der Waals surface area contributed by atoms with Crippen molar-refractivity contribution in [1.82, 2.24) is 0 Å². The van der Waals surface area contributed by atoms with Crippen molar-refractivity contribution in [2.75, 3.05) is 13.2 Å². The topological polar surface area (TPSA) is 40.0 Å². The van der Waals surface area contributed by atoms with Crippen LogP contribution in [0.1, 0.15) is 40.5 Å². The largest absolute Gasteiger partial charge is 0.491 e. The summed E-state index contributed by atoms with van der Waals surface area (Å²) >= 11 is 0. The molecular formula is C16H25NO3. The molecule has 4 heteroatoms. The molecule has 0 aliphatic carbocycles. The van der Waals surface area contributed by atoms with Gasteiger partial charge in [0, 0.05) is 0 Å². The molecule has 0 bridgehead atoms. The molecule has 0 saturated carbocycles. The Bertz CT molecular complexity index is 401. The highest BCUT2D eigenvalue weighted by atomic mass is 16.6. The van der Waals surface area contributed by atoms with Crippen LogP contribution in [0.5, 0.6) is 11.5 Å². The fraction of sp³-hybridized carbons (Fsp3) is 0.562. The third kappa shape index (κ3) is 5.95. The Labute approximate surface area is 121 Å². The number of oxime groups is 1. The normalized spacial score (nSPS) is 12.9. The summed E-state index contributed by atoms with van der Waals surface area (Å²) in [5, 5.41) is 4.01. The van der Waals surface area contributed by atoms with Gasteiger partial charge in [-0.05, 0) is 51.0 Å². The third-order valence-electron chi connectivity index (χ3n) is 2.87. The van der Waals surface area contributed by atoms with Gasteiger partial charge in [-0.3, -0.25) is 0 Å². The molecule has 0 aliphatic heterocycles. The average molecular weight is 279 g/mol. The van der Waals surface area contributed by atoms with Crippen LogP contribution in [0.4, 0.5) is 0 Å². The lowest BCUT2D eigenvalue weighted by atomic mass is 10.3. The van der Waals surface area contributed by atoms with Crippen molar-refractivity contribution in [1.29, 1.82) is 0 Å². The molecule has 20 heavy (non-hydrogen) atoms. The first-order valence-electron chi connectivity index (χ1n) is 7.26. The number of hydrogen-bond acceptors (Lipinski definition) is 4. The van der Waals surface area contributed by atoms with Gasteiger partial charge in [-0.25, -0.2) is 0 Å². The highest BCUT2D eigenvalue weighted by Gasteiger charge is 2.03. The molecule has 1 aromatic rings. The molecule has 1 unspecified atom stereocenters. The van der Waals surface area contributed by atoms with Gasteiger partial charge in [0.05, 0.1) is 11.8 Å². The molecule has 4 nitrogen and oxygen atoms in total. The monoisotopic (exact) mass is 279 g/mol. The highest BCUT2D eigenvalue weighted by molar-refractivity contribution is 5.85. The minimum atomic E-state index is 0.229. The molecule has 1 aromatic carbocycles. The van der Waals surface area contributed by atoms with E-state index in [0.29, 0.717) is 13.2 Å². The van der Waals surface area contributed by atoms with E-state index >= 15 is 0 Å². The predicted octanol–water partition coefficient (Wildman–Crippen LogP) is 4.05. The number of rotatable bonds is 9. The van der Waals surface area contributed by atoms with Gasteiger partial charge in [-0.1, -0.05) is 19.0 Å². The fourth-order valence-corrected chi connectivity index (χ4v) is 1.45. The van der Waals surface area contributed by atoms with E-state index in [4.69, 9.17) is 14.3 Å². The van der Waals surface area contributed by atoms with E-state index in [1.54, 1.807) is 0 Å². The lowest BCUT2D eigenvalue weighted by Crippen LogP contribution is -2.11. The summed E-state index contributed by atoms with van der Waals surface area (Å²) in [5.41, 5.74) is 0.895. The molecule has 0 N–H and O–H groups in total. The van der Waals surface area contributed by atoms with E-state index in [-0.39, 0.29) is 6.10 Å². The van der Waals surface area contributed by atoms with Crippen molar-refractivity contribution in [2.45, 2.75) is 46.6 Å². The zero-order chi connectivity index (χ0) is 14.8. The lowest BCUT2D eigenvalue weighted by molar-refractivity contribution is 0.156. The van der Waals surface area contributed by atoms with Gasteiger partial charge in [-0.2, -0.15) is 0 Å². The van der Waals surface area contributed by atoms with E-state index in [1.165, 1.54) is 0 Å². The standard InChI is InChI=1S/C16H25NO3/c1-5-13(4)20-16-10-8-15(9-11-16)18-12-14(6-2)17-19-7-3/h8-11,13H,5-7,12H2,1-4H3. The zero-order valence-electron chi connectivity index (χ0n) is 12.9. The number of ether oxygens (including phenoxy) is 2. The Balaban J connectivity index is 2.48. The van der Waals surface area contributed by atoms with Crippen molar-refractivity contribution in [3.05, 3.63) is 24.3 Å². The van der Waals surface area contributed by atoms with Crippen LogP contribution < -0.4 is 9.47 Å². The van der Waals surface area contributed by atoms with Crippen LogP contribution in [0.2, 0.25) is 0 Å². The summed E-state index contributed by atoms with van der Waals surface area (Å²) < 4.78 is 11.4. The van der Waals surface area contributed by atoms with Gasteiger partial charge in [0.1, 0.15) is 24.7 Å². The first-order chi connectivity index (χ1) is 9.69. The zero-order valence-corrected chi connectivity index (χ0v) is 12.9. The number of nitrogens with zero attached hydrogens (tertiary/aromatic N) is 1. The van der Waals surface area contributed by atoms with Gasteiger partial charge in [0.15, 0.2) is 0 Å². The molecule has 0 spiro atoms. The predicted molar refractivity (Wildman–Crippen MR) is 81.7 cm³/mol. The van der Waals surface area contributed by atoms with E-state index in [9.17, 15) is 0 Å². The molecule has 112 valence electrons. The molecule has 0 radical (unpaired) electrons. The van der Waals surface area contributed by atoms with E-state index in [0.717, 1.165) is 30.1 Å². The minimum Gasteiger partial charge on any atom is -0.491 e. The lowest BCUT2D eigenvalue weighted by Gasteiger charge is -2.13. The summed E-state index contributed by atoms with van der Waals surface area (Å²) in [5.74, 6) is 1.67. The molecule has 1 rings (SSSR count). The first kappa shape index (κ1) is 16.3. The fourth-order valence-electron chi connectivity index (χ4n) is 1.45. The van der Waals surface area contributed by atoms with E-state index < -0.39 is 0 Å². The van der Waals surface area contributed by atoms with Crippen LogP contribution in [-0.4, -0.2) is 25.0 Å². The van der Waals surface area contributed by atoms with E-state index in [1.807, 2.05) is 38.1 Å². The molecule has 1 atom stereocenters. The Kier molecular flexibility index (Phi) is 7.55. The molecular weight excluding hydrogens is 254 g/mol. The average Bonchev–Trinajstić information content (AvgIpc) is 2.49. The molecule has 0 saturated heterocycles. The van der Waals surface area contributed by atoms with E-state index in [2.05, 4.69) is 19.0 Å². The Morgan fingerprint density at radius 2 is 1.75 bits per heavy atom. The van der Waals surface area contributed by atoms with Gasteiger partial charge in [-0.15, -0.1) is 0 Å². The van der Waals surface area contributed by atoms with Gasteiger partial charge in [0.2, 0.25) is 0 Å². The second-order valence-electron chi connectivity index (χ2n) is 4.53. The molecule has 0 heterocycles.